The third-order valence-corrected chi connectivity index (χ3v) is 2.31. The summed E-state index contributed by atoms with van der Waals surface area (Å²) < 4.78 is 5.17. The fourth-order valence-electron chi connectivity index (χ4n) is 1.44. The average Bonchev–Trinajstić information content (AvgIpc) is 2.38. The molecule has 0 heterocycles. The molecule has 0 saturated heterocycles. The van der Waals surface area contributed by atoms with Crippen LogP contribution in [-0.2, 0) is 4.74 Å². The maximum atomic E-state index is 10.9. The van der Waals surface area contributed by atoms with Crippen LogP contribution in [-0.4, -0.2) is 24.7 Å². The van der Waals surface area contributed by atoms with E-state index in [4.69, 9.17) is 10.00 Å². The van der Waals surface area contributed by atoms with Gasteiger partial charge in [0, 0.05) is 25.8 Å². The first-order valence-electron chi connectivity index (χ1n) is 5.69. The van der Waals surface area contributed by atoms with E-state index in [0.29, 0.717) is 25.4 Å². The first kappa shape index (κ1) is 13.9. The van der Waals surface area contributed by atoms with E-state index < -0.39 is 4.92 Å². The van der Waals surface area contributed by atoms with E-state index >= 15 is 0 Å². The maximum Gasteiger partial charge on any atom is 0.293 e. The Labute approximate surface area is 105 Å². The minimum Gasteiger partial charge on any atom is -0.382 e. The molecule has 0 fully saturated rings. The number of hydrogen-bond donors (Lipinski definition) is 1. The second-order valence-electron chi connectivity index (χ2n) is 3.58. The molecule has 1 aromatic carbocycles. The molecule has 0 aliphatic carbocycles. The SMILES string of the molecule is CCOCCCNc1ccc(C#N)cc1[N+](=O)[O-]. The summed E-state index contributed by atoms with van der Waals surface area (Å²) in [5.41, 5.74) is 0.627. The summed E-state index contributed by atoms with van der Waals surface area (Å²) in [5.74, 6) is 0. The molecular formula is C12H15N3O3. The number of nitro benzene ring substituents is 1. The van der Waals surface area contributed by atoms with Gasteiger partial charge in [0.15, 0.2) is 0 Å². The van der Waals surface area contributed by atoms with Crippen LogP contribution in [0.4, 0.5) is 11.4 Å². The third kappa shape index (κ3) is 4.03. The summed E-state index contributed by atoms with van der Waals surface area (Å²) in [6.07, 6.45) is 0.769. The van der Waals surface area contributed by atoms with Crippen molar-refractivity contribution < 1.29 is 9.66 Å². The molecule has 0 atom stereocenters. The van der Waals surface area contributed by atoms with Crippen LogP contribution in [0.25, 0.3) is 0 Å². The summed E-state index contributed by atoms with van der Waals surface area (Å²) in [6, 6.07) is 6.26. The highest BCUT2D eigenvalue weighted by molar-refractivity contribution is 5.63. The van der Waals surface area contributed by atoms with E-state index in [1.54, 1.807) is 12.1 Å². The van der Waals surface area contributed by atoms with Crippen molar-refractivity contribution in [2.24, 2.45) is 0 Å². The number of nitrogens with zero attached hydrogens (tertiary/aromatic N) is 2. The first-order chi connectivity index (χ1) is 8.69. The first-order valence-corrected chi connectivity index (χ1v) is 5.69. The Morgan fingerprint density at radius 3 is 2.94 bits per heavy atom. The monoisotopic (exact) mass is 249 g/mol. The molecular weight excluding hydrogens is 234 g/mol. The highest BCUT2D eigenvalue weighted by Gasteiger charge is 2.13. The van der Waals surface area contributed by atoms with Crippen LogP contribution < -0.4 is 5.32 Å². The minimum atomic E-state index is -0.494. The predicted molar refractivity (Wildman–Crippen MR) is 67.4 cm³/mol. The van der Waals surface area contributed by atoms with E-state index in [1.165, 1.54) is 6.07 Å². The Morgan fingerprint density at radius 2 is 2.33 bits per heavy atom. The predicted octanol–water partition coefficient (Wildman–Crippen LogP) is 2.30. The number of hydrogen-bond acceptors (Lipinski definition) is 5. The molecule has 6 nitrogen and oxygen atoms in total. The fraction of sp³-hybridized carbons (Fsp3) is 0.417. The fourth-order valence-corrected chi connectivity index (χ4v) is 1.44. The second kappa shape index (κ2) is 7.25. The molecule has 0 aromatic heterocycles. The van der Waals surface area contributed by atoms with Crippen molar-refractivity contribution in [1.29, 1.82) is 5.26 Å². The van der Waals surface area contributed by atoms with Crippen LogP contribution in [0.5, 0.6) is 0 Å². The molecule has 0 radical (unpaired) electrons. The molecule has 1 aromatic rings. The smallest absolute Gasteiger partial charge is 0.293 e. The van der Waals surface area contributed by atoms with Gasteiger partial charge in [-0.15, -0.1) is 0 Å². The molecule has 1 rings (SSSR count). The number of nitro groups is 1. The van der Waals surface area contributed by atoms with E-state index in [2.05, 4.69) is 5.32 Å². The van der Waals surface area contributed by atoms with Crippen molar-refractivity contribution in [1.82, 2.24) is 0 Å². The molecule has 0 aliphatic heterocycles. The number of ether oxygens (including phenoxy) is 1. The van der Waals surface area contributed by atoms with E-state index in [0.717, 1.165) is 6.42 Å². The van der Waals surface area contributed by atoms with E-state index in [9.17, 15) is 10.1 Å². The number of nitrogens with one attached hydrogen (secondary N) is 1. The molecule has 0 aliphatic rings. The van der Waals surface area contributed by atoms with Crippen LogP contribution in [0, 0.1) is 21.4 Å². The van der Waals surface area contributed by atoms with Gasteiger partial charge in [0.25, 0.3) is 5.69 Å². The van der Waals surface area contributed by atoms with Crippen LogP contribution in [0.15, 0.2) is 18.2 Å². The van der Waals surface area contributed by atoms with E-state index in [1.807, 2.05) is 13.0 Å². The van der Waals surface area contributed by atoms with Gasteiger partial charge in [0.1, 0.15) is 5.69 Å². The van der Waals surface area contributed by atoms with Gasteiger partial charge in [0.05, 0.1) is 16.6 Å². The molecule has 0 amide bonds. The summed E-state index contributed by atoms with van der Waals surface area (Å²) in [7, 11) is 0. The molecule has 1 N–H and O–H groups in total. The quantitative estimate of drug-likeness (QED) is 0.455. The Bertz CT molecular complexity index is 454. The summed E-state index contributed by atoms with van der Waals surface area (Å²) in [4.78, 5) is 10.4. The van der Waals surface area contributed by atoms with Crippen molar-refractivity contribution in [3.63, 3.8) is 0 Å². The topological polar surface area (TPSA) is 88.2 Å². The lowest BCUT2D eigenvalue weighted by atomic mass is 10.2. The lowest BCUT2D eigenvalue weighted by Crippen LogP contribution is -2.07. The van der Waals surface area contributed by atoms with Gasteiger partial charge >= 0.3 is 0 Å². The summed E-state index contributed by atoms with van der Waals surface area (Å²) in [5, 5.41) is 22.5. The Balaban J connectivity index is 2.65. The van der Waals surface area contributed by atoms with Crippen molar-refractivity contribution in [2.45, 2.75) is 13.3 Å². The molecule has 96 valence electrons. The van der Waals surface area contributed by atoms with Crippen LogP contribution in [0.1, 0.15) is 18.9 Å². The van der Waals surface area contributed by atoms with Gasteiger partial charge in [-0.3, -0.25) is 10.1 Å². The molecule has 18 heavy (non-hydrogen) atoms. The number of nitriles is 1. The lowest BCUT2D eigenvalue weighted by Gasteiger charge is -2.07. The van der Waals surface area contributed by atoms with Crippen molar-refractivity contribution in [2.75, 3.05) is 25.1 Å². The van der Waals surface area contributed by atoms with Crippen molar-refractivity contribution in [3.8, 4) is 6.07 Å². The third-order valence-electron chi connectivity index (χ3n) is 2.31. The molecule has 6 heteroatoms. The zero-order valence-electron chi connectivity index (χ0n) is 10.2. The van der Waals surface area contributed by atoms with E-state index in [-0.39, 0.29) is 11.3 Å². The minimum absolute atomic E-state index is 0.0783. The van der Waals surface area contributed by atoms with Crippen molar-refractivity contribution in [3.05, 3.63) is 33.9 Å². The highest BCUT2D eigenvalue weighted by Crippen LogP contribution is 2.25. The average molecular weight is 249 g/mol. The Hall–Kier alpha value is -2.13. The van der Waals surface area contributed by atoms with Crippen LogP contribution >= 0.6 is 0 Å². The maximum absolute atomic E-state index is 10.9. The number of benzene rings is 1. The van der Waals surface area contributed by atoms with Gasteiger partial charge in [-0.25, -0.2) is 0 Å². The van der Waals surface area contributed by atoms with Crippen LogP contribution in [0.2, 0.25) is 0 Å². The van der Waals surface area contributed by atoms with Gasteiger partial charge < -0.3 is 10.1 Å². The van der Waals surface area contributed by atoms with Crippen LogP contribution in [0.3, 0.4) is 0 Å². The number of anilines is 1. The summed E-state index contributed by atoms with van der Waals surface area (Å²) >= 11 is 0. The Morgan fingerprint density at radius 1 is 1.56 bits per heavy atom. The highest BCUT2D eigenvalue weighted by atomic mass is 16.6. The molecule has 0 bridgehead atoms. The molecule has 0 saturated carbocycles. The zero-order chi connectivity index (χ0) is 13.4. The largest absolute Gasteiger partial charge is 0.382 e. The van der Waals surface area contributed by atoms with Gasteiger partial charge in [0.2, 0.25) is 0 Å². The standard InChI is InChI=1S/C12H15N3O3/c1-2-18-7-3-6-14-11-5-4-10(9-13)8-12(11)15(16)17/h4-5,8,14H,2-3,6-7H2,1H3. The Kier molecular flexibility index (Phi) is 5.61. The molecule has 0 unspecified atom stereocenters. The zero-order valence-corrected chi connectivity index (χ0v) is 10.2. The van der Waals surface area contributed by atoms with Crippen molar-refractivity contribution >= 4 is 11.4 Å². The summed E-state index contributed by atoms with van der Waals surface area (Å²) in [6.45, 7) is 3.79. The van der Waals surface area contributed by atoms with Gasteiger partial charge in [-0.1, -0.05) is 0 Å². The van der Waals surface area contributed by atoms with Gasteiger partial charge in [-0.2, -0.15) is 5.26 Å². The normalized spacial score (nSPS) is 9.78. The van der Waals surface area contributed by atoms with Gasteiger partial charge in [-0.05, 0) is 25.5 Å². The lowest BCUT2D eigenvalue weighted by molar-refractivity contribution is -0.384. The number of rotatable bonds is 7. The molecule has 0 spiro atoms. The second-order valence-corrected chi connectivity index (χ2v) is 3.58.